The Balaban J connectivity index is 1.59. The fourth-order valence-electron chi connectivity index (χ4n) is 4.72. The molecule has 2 aliphatic rings. The van der Waals surface area contributed by atoms with E-state index in [9.17, 15) is 4.79 Å². The number of fused-ring (bicyclic) bond motifs is 1. The molecule has 0 aliphatic carbocycles. The van der Waals surface area contributed by atoms with E-state index < -0.39 is 0 Å². The summed E-state index contributed by atoms with van der Waals surface area (Å²) in [6.07, 6.45) is 0.955. The van der Waals surface area contributed by atoms with Gasteiger partial charge < -0.3 is 5.32 Å². The summed E-state index contributed by atoms with van der Waals surface area (Å²) >= 11 is 0. The van der Waals surface area contributed by atoms with E-state index in [2.05, 4.69) is 70.9 Å². The molecule has 0 spiro atoms. The van der Waals surface area contributed by atoms with Crippen molar-refractivity contribution in [2.45, 2.75) is 25.9 Å². The fraction of sp³-hybridized carbons (Fsp3) is 0.409. The molecule has 0 saturated carbocycles. The lowest BCUT2D eigenvalue weighted by Gasteiger charge is -2.43. The van der Waals surface area contributed by atoms with Crippen LogP contribution < -0.4 is 5.32 Å². The Morgan fingerprint density at radius 1 is 1.12 bits per heavy atom. The zero-order valence-corrected chi connectivity index (χ0v) is 14.8. The first-order valence-corrected chi connectivity index (χ1v) is 9.25. The minimum atomic E-state index is -0.201. The van der Waals surface area contributed by atoms with Crippen LogP contribution in [0, 0.1) is 11.3 Å². The number of Topliss-reactive ketones (excluding diaryl/α,β-unsaturated/α-hetero) is 1. The van der Waals surface area contributed by atoms with E-state index in [1.807, 2.05) is 0 Å². The first-order chi connectivity index (χ1) is 12.2. The monoisotopic (exact) mass is 334 g/mol. The van der Waals surface area contributed by atoms with Gasteiger partial charge in [-0.2, -0.15) is 0 Å². The third kappa shape index (κ3) is 3.03. The number of rotatable bonds is 4. The maximum Gasteiger partial charge on any atom is 0.137 e. The number of nitrogens with one attached hydrogen (secondary N) is 1. The minimum absolute atomic E-state index is 0.201. The molecule has 2 heterocycles. The van der Waals surface area contributed by atoms with Gasteiger partial charge in [-0.25, -0.2) is 0 Å². The van der Waals surface area contributed by atoms with Crippen molar-refractivity contribution in [1.82, 2.24) is 10.2 Å². The predicted molar refractivity (Wildman–Crippen MR) is 100 cm³/mol. The smallest absolute Gasteiger partial charge is 0.137 e. The lowest BCUT2D eigenvalue weighted by atomic mass is 9.67. The normalized spacial score (nSPS) is 29.3. The van der Waals surface area contributed by atoms with Crippen molar-refractivity contribution >= 4 is 5.78 Å². The minimum Gasteiger partial charge on any atom is -0.309 e. The molecule has 25 heavy (non-hydrogen) atoms. The summed E-state index contributed by atoms with van der Waals surface area (Å²) in [5.41, 5.74) is 2.45. The van der Waals surface area contributed by atoms with E-state index in [0.29, 0.717) is 11.7 Å². The second kappa shape index (κ2) is 6.74. The van der Waals surface area contributed by atoms with Crippen molar-refractivity contribution in [3.8, 4) is 0 Å². The number of piperidine rings is 1. The largest absolute Gasteiger partial charge is 0.309 e. The van der Waals surface area contributed by atoms with Crippen molar-refractivity contribution in [3.63, 3.8) is 0 Å². The number of benzene rings is 2. The van der Waals surface area contributed by atoms with E-state index in [1.54, 1.807) is 6.92 Å². The van der Waals surface area contributed by atoms with Crippen molar-refractivity contribution < 1.29 is 4.79 Å². The highest BCUT2D eigenvalue weighted by molar-refractivity contribution is 5.84. The van der Waals surface area contributed by atoms with Crippen LogP contribution in [0.25, 0.3) is 0 Å². The summed E-state index contributed by atoms with van der Waals surface area (Å²) in [5.74, 6) is 0.688. The van der Waals surface area contributed by atoms with E-state index >= 15 is 0 Å². The van der Waals surface area contributed by atoms with Gasteiger partial charge in [-0.05, 0) is 31.0 Å². The number of hydrogen-bond acceptors (Lipinski definition) is 3. The highest BCUT2D eigenvalue weighted by atomic mass is 16.1. The Labute approximate surface area is 150 Å². The van der Waals surface area contributed by atoms with Gasteiger partial charge in [0.2, 0.25) is 0 Å². The molecule has 3 atom stereocenters. The van der Waals surface area contributed by atoms with Crippen LogP contribution in [0.15, 0.2) is 60.7 Å². The first kappa shape index (κ1) is 16.5. The van der Waals surface area contributed by atoms with Crippen LogP contribution >= 0.6 is 0 Å². The lowest BCUT2D eigenvalue weighted by molar-refractivity contribution is -0.131. The third-order valence-corrected chi connectivity index (χ3v) is 6.19. The molecule has 0 radical (unpaired) electrons. The summed E-state index contributed by atoms with van der Waals surface area (Å²) in [7, 11) is 0. The van der Waals surface area contributed by atoms with Gasteiger partial charge in [0.05, 0.1) is 0 Å². The number of nitrogens with zero attached hydrogens (tertiary/aromatic N) is 1. The van der Waals surface area contributed by atoms with Gasteiger partial charge in [-0.3, -0.25) is 9.69 Å². The maximum absolute atomic E-state index is 12.6. The molecule has 0 bridgehead atoms. The molecule has 2 fully saturated rings. The highest BCUT2D eigenvalue weighted by Gasteiger charge is 2.54. The van der Waals surface area contributed by atoms with Gasteiger partial charge >= 0.3 is 0 Å². The Kier molecular flexibility index (Phi) is 4.45. The van der Waals surface area contributed by atoms with E-state index in [0.717, 1.165) is 32.6 Å². The molecule has 0 aromatic heterocycles. The van der Waals surface area contributed by atoms with Crippen molar-refractivity contribution in [3.05, 3.63) is 71.8 Å². The molecule has 3 heteroatoms. The number of carbonyl (C=O) groups excluding carboxylic acids is 1. The Hall–Kier alpha value is -1.97. The summed E-state index contributed by atoms with van der Waals surface area (Å²) in [6.45, 7) is 5.53. The third-order valence-electron chi connectivity index (χ3n) is 6.19. The molecular weight excluding hydrogens is 308 g/mol. The lowest BCUT2D eigenvalue weighted by Crippen LogP contribution is -2.50. The van der Waals surface area contributed by atoms with Crippen LogP contribution in [0.5, 0.6) is 0 Å². The Bertz CT molecular complexity index is 730. The maximum atomic E-state index is 12.6. The highest BCUT2D eigenvalue weighted by Crippen LogP contribution is 2.48. The summed E-state index contributed by atoms with van der Waals surface area (Å²) in [4.78, 5) is 15.1. The van der Waals surface area contributed by atoms with Crippen LogP contribution in [0.1, 0.15) is 30.5 Å². The van der Waals surface area contributed by atoms with Crippen LogP contribution in [0.3, 0.4) is 0 Å². The van der Waals surface area contributed by atoms with Gasteiger partial charge in [0.25, 0.3) is 0 Å². The zero-order valence-electron chi connectivity index (χ0n) is 14.8. The molecule has 2 aliphatic heterocycles. The molecular formula is C22H26N2O. The quantitative estimate of drug-likeness (QED) is 0.930. The molecule has 4 rings (SSSR count). The van der Waals surface area contributed by atoms with E-state index in [1.165, 1.54) is 11.1 Å². The standard InChI is InChI=1S/C22H26N2O/c1-17(25)22-12-13-24(14-18-8-4-2-5-9-18)15-20(22)21(23-16-22)19-10-6-3-7-11-19/h2-11,20-21,23H,12-16H2,1H3/t20-,21-,22+/m0/s1. The molecule has 1 N–H and O–H groups in total. The van der Waals surface area contributed by atoms with Gasteiger partial charge in [-0.15, -0.1) is 0 Å². The molecule has 2 aromatic carbocycles. The van der Waals surface area contributed by atoms with Gasteiger partial charge in [-0.1, -0.05) is 60.7 Å². The second-order valence-corrected chi connectivity index (χ2v) is 7.56. The fourth-order valence-corrected chi connectivity index (χ4v) is 4.72. The average Bonchev–Trinajstić information content (AvgIpc) is 3.04. The molecule has 2 saturated heterocycles. The van der Waals surface area contributed by atoms with Crippen LogP contribution in [-0.2, 0) is 11.3 Å². The predicted octanol–water partition coefficient (Wildman–Crippen LogP) is 3.43. The number of ketones is 1. The van der Waals surface area contributed by atoms with Crippen LogP contribution in [-0.4, -0.2) is 30.3 Å². The SMILES string of the molecule is CC(=O)[C@]12CCN(Cc3ccccc3)C[C@H]1[C@H](c1ccccc1)NC2. The van der Waals surface area contributed by atoms with E-state index in [4.69, 9.17) is 0 Å². The number of carbonyl (C=O) groups is 1. The topological polar surface area (TPSA) is 32.3 Å². The number of likely N-dealkylation sites (tertiary alicyclic amines) is 1. The summed E-state index contributed by atoms with van der Waals surface area (Å²) in [5, 5.41) is 3.67. The van der Waals surface area contributed by atoms with Gasteiger partial charge in [0, 0.05) is 37.0 Å². The van der Waals surface area contributed by atoms with Crippen LogP contribution in [0.4, 0.5) is 0 Å². The van der Waals surface area contributed by atoms with Gasteiger partial charge in [0.1, 0.15) is 5.78 Å². The first-order valence-electron chi connectivity index (χ1n) is 9.25. The molecule has 0 amide bonds. The van der Waals surface area contributed by atoms with Crippen molar-refractivity contribution in [1.29, 1.82) is 0 Å². The van der Waals surface area contributed by atoms with Crippen LogP contribution in [0.2, 0.25) is 0 Å². The average molecular weight is 334 g/mol. The summed E-state index contributed by atoms with van der Waals surface area (Å²) < 4.78 is 0. The molecule has 3 nitrogen and oxygen atoms in total. The zero-order chi connectivity index (χ0) is 17.3. The Morgan fingerprint density at radius 2 is 1.80 bits per heavy atom. The van der Waals surface area contributed by atoms with Crippen molar-refractivity contribution in [2.75, 3.05) is 19.6 Å². The molecule has 2 aromatic rings. The van der Waals surface area contributed by atoms with Gasteiger partial charge in [0.15, 0.2) is 0 Å². The van der Waals surface area contributed by atoms with E-state index in [-0.39, 0.29) is 11.5 Å². The number of hydrogen-bond donors (Lipinski definition) is 1. The molecule has 130 valence electrons. The molecule has 0 unspecified atom stereocenters. The summed E-state index contributed by atoms with van der Waals surface area (Å²) in [6, 6.07) is 21.5. The second-order valence-electron chi connectivity index (χ2n) is 7.56. The van der Waals surface area contributed by atoms with Crippen molar-refractivity contribution in [2.24, 2.45) is 11.3 Å². The Morgan fingerprint density at radius 3 is 2.48 bits per heavy atom.